The predicted molar refractivity (Wildman–Crippen MR) is 64.5 cm³/mol. The van der Waals surface area contributed by atoms with Gasteiger partial charge < -0.3 is 0 Å². The minimum atomic E-state index is -4.44. The van der Waals surface area contributed by atoms with E-state index in [1.807, 2.05) is 5.32 Å². The summed E-state index contributed by atoms with van der Waals surface area (Å²) >= 11 is 0. The zero-order valence-corrected chi connectivity index (χ0v) is 9.19. The normalized spacial score (nSPS) is 14.8. The van der Waals surface area contributed by atoms with Crippen molar-refractivity contribution in [2.45, 2.75) is 4.90 Å². The fraction of sp³-hybridized carbons (Fsp3) is 0. The summed E-state index contributed by atoms with van der Waals surface area (Å²) in [5.74, 6) is -1.30. The zero-order chi connectivity index (χ0) is 12.6. The van der Waals surface area contributed by atoms with E-state index in [1.54, 1.807) is 0 Å². The Hall–Kier alpha value is -0.990. The Bertz CT molecular complexity index is 650. The Kier molecular flexibility index (Phi) is 4.46. The van der Waals surface area contributed by atoms with E-state index in [9.17, 15) is 18.0 Å². The summed E-state index contributed by atoms with van der Waals surface area (Å²) in [6, 6.07) is 5.40. The van der Waals surface area contributed by atoms with Gasteiger partial charge in [0.05, 0.1) is 5.57 Å². The molecule has 2 amide bonds. The molecule has 0 atom stereocenters. The maximum absolute atomic E-state index is 11.4. The predicted octanol–water partition coefficient (Wildman–Crippen LogP) is -0.675. The first-order valence-electron chi connectivity index (χ1n) is 4.53. The van der Waals surface area contributed by atoms with Gasteiger partial charge in [-0.05, 0) is 6.07 Å². The van der Waals surface area contributed by atoms with Gasteiger partial charge in [-0.2, -0.15) is 8.42 Å². The van der Waals surface area contributed by atoms with Gasteiger partial charge in [0.2, 0.25) is 0 Å². The number of nitrogens with one attached hydrogen (secondary N) is 1. The molecule has 1 aromatic rings. The summed E-state index contributed by atoms with van der Waals surface area (Å²) in [7, 11) is -4.44. The summed E-state index contributed by atoms with van der Waals surface area (Å²) in [4.78, 5) is 22.0. The van der Waals surface area contributed by atoms with Crippen molar-refractivity contribution in [3.05, 3.63) is 35.9 Å². The van der Waals surface area contributed by atoms with E-state index >= 15 is 0 Å². The van der Waals surface area contributed by atoms with Crippen LogP contribution >= 0.6 is 0 Å². The molecule has 0 radical (unpaired) electrons. The SMILES string of the molecule is O=C1C=C(c2ccccc2S(=O)(=O)O)C(=O)N1.[NaH]. The molecule has 8 heteroatoms. The van der Waals surface area contributed by atoms with Gasteiger partial charge in [-0.15, -0.1) is 0 Å². The molecule has 0 unspecified atom stereocenters. The van der Waals surface area contributed by atoms with Crippen molar-refractivity contribution in [3.63, 3.8) is 0 Å². The van der Waals surface area contributed by atoms with Crippen LogP contribution in [0.4, 0.5) is 0 Å². The van der Waals surface area contributed by atoms with Crippen LogP contribution in [0.15, 0.2) is 35.2 Å². The first kappa shape index (κ1) is 15.1. The summed E-state index contributed by atoms with van der Waals surface area (Å²) in [5.41, 5.74) is -0.0819. The summed E-state index contributed by atoms with van der Waals surface area (Å²) in [5, 5.41) is 2.00. The zero-order valence-electron chi connectivity index (χ0n) is 8.38. The average molecular weight is 277 g/mol. The van der Waals surface area contributed by atoms with Crippen LogP contribution < -0.4 is 5.32 Å². The molecule has 0 aliphatic carbocycles. The fourth-order valence-corrected chi connectivity index (χ4v) is 2.23. The van der Waals surface area contributed by atoms with E-state index < -0.39 is 26.8 Å². The van der Waals surface area contributed by atoms with Gasteiger partial charge in [-0.3, -0.25) is 19.5 Å². The van der Waals surface area contributed by atoms with E-state index in [4.69, 9.17) is 4.55 Å². The van der Waals surface area contributed by atoms with Crippen LogP contribution in [0.2, 0.25) is 0 Å². The summed E-state index contributed by atoms with van der Waals surface area (Å²) < 4.78 is 31.2. The van der Waals surface area contributed by atoms with E-state index in [2.05, 4.69) is 0 Å². The maximum atomic E-state index is 11.4. The van der Waals surface area contributed by atoms with Gasteiger partial charge >= 0.3 is 29.6 Å². The third-order valence-electron chi connectivity index (χ3n) is 2.21. The number of imide groups is 1. The quantitative estimate of drug-likeness (QED) is 0.424. The Morgan fingerprint density at radius 1 is 1.11 bits per heavy atom. The molecule has 2 N–H and O–H groups in total. The first-order chi connectivity index (χ1) is 7.89. The van der Waals surface area contributed by atoms with Gasteiger partial charge in [0, 0.05) is 11.6 Å². The molecule has 0 saturated heterocycles. The Balaban J connectivity index is 0.00000162. The van der Waals surface area contributed by atoms with Crippen molar-refractivity contribution in [2.24, 2.45) is 0 Å². The van der Waals surface area contributed by atoms with E-state index in [1.165, 1.54) is 18.2 Å². The van der Waals surface area contributed by atoms with Crippen LogP contribution in [0.25, 0.3) is 5.57 Å². The van der Waals surface area contributed by atoms with E-state index in [0.717, 1.165) is 12.1 Å². The first-order valence-corrected chi connectivity index (χ1v) is 5.97. The second-order valence-electron chi connectivity index (χ2n) is 3.35. The molecule has 18 heavy (non-hydrogen) atoms. The van der Waals surface area contributed by atoms with Crippen LogP contribution in [0, 0.1) is 0 Å². The Labute approximate surface area is 125 Å². The third kappa shape index (κ3) is 2.88. The number of hydrogen-bond acceptors (Lipinski definition) is 4. The van der Waals surface area contributed by atoms with Crippen LogP contribution in [-0.4, -0.2) is 54.3 Å². The molecule has 0 bridgehead atoms. The summed E-state index contributed by atoms with van der Waals surface area (Å²) in [6.45, 7) is 0. The van der Waals surface area contributed by atoms with Gasteiger partial charge in [0.15, 0.2) is 0 Å². The average Bonchev–Trinajstić information content (AvgIpc) is 2.56. The van der Waals surface area contributed by atoms with Crippen molar-refractivity contribution in [1.29, 1.82) is 0 Å². The molecule has 1 aromatic carbocycles. The van der Waals surface area contributed by atoms with Crippen LogP contribution in [0.5, 0.6) is 0 Å². The standard InChI is InChI=1S/C10H7NO5S.Na.H/c12-9-5-7(10(13)11-9)6-3-1-2-4-8(6)17(14,15)16;;/h1-5H,(H,11,12,13)(H,14,15,16);;. The molecule has 1 aliphatic heterocycles. The Morgan fingerprint density at radius 2 is 1.72 bits per heavy atom. The van der Waals surface area contributed by atoms with Crippen molar-refractivity contribution < 1.29 is 22.6 Å². The fourth-order valence-electron chi connectivity index (χ4n) is 1.53. The molecule has 1 aliphatic rings. The van der Waals surface area contributed by atoms with Gasteiger partial charge in [0.1, 0.15) is 4.90 Å². The van der Waals surface area contributed by atoms with Crippen LogP contribution in [0.3, 0.4) is 0 Å². The van der Waals surface area contributed by atoms with E-state index in [-0.39, 0.29) is 40.7 Å². The third-order valence-corrected chi connectivity index (χ3v) is 3.12. The second kappa shape index (κ2) is 5.33. The van der Waals surface area contributed by atoms with E-state index in [0.29, 0.717) is 0 Å². The number of amides is 2. The van der Waals surface area contributed by atoms with Crippen molar-refractivity contribution >= 4 is 57.1 Å². The van der Waals surface area contributed by atoms with Crippen molar-refractivity contribution in [2.75, 3.05) is 0 Å². The van der Waals surface area contributed by atoms with Gasteiger partial charge in [0.25, 0.3) is 21.9 Å². The number of rotatable bonds is 2. The molecule has 0 spiro atoms. The molecule has 90 valence electrons. The molecular formula is C10H8NNaO5S. The van der Waals surface area contributed by atoms with Gasteiger partial charge in [-0.1, -0.05) is 18.2 Å². The van der Waals surface area contributed by atoms with Crippen LogP contribution in [-0.2, 0) is 19.7 Å². The number of hydrogen-bond donors (Lipinski definition) is 2. The molecule has 1 heterocycles. The molecule has 0 aromatic heterocycles. The Morgan fingerprint density at radius 3 is 2.22 bits per heavy atom. The summed E-state index contributed by atoms with van der Waals surface area (Å²) in [6.07, 6.45) is 0.992. The molecular weight excluding hydrogens is 269 g/mol. The topological polar surface area (TPSA) is 101 Å². The monoisotopic (exact) mass is 277 g/mol. The molecule has 0 fully saturated rings. The van der Waals surface area contributed by atoms with Crippen molar-refractivity contribution in [3.8, 4) is 0 Å². The number of carbonyl (C=O) groups excluding carboxylic acids is 2. The number of carbonyl (C=O) groups is 2. The van der Waals surface area contributed by atoms with Crippen LogP contribution in [0.1, 0.15) is 5.56 Å². The molecule has 2 rings (SSSR count). The number of benzene rings is 1. The molecule has 6 nitrogen and oxygen atoms in total. The second-order valence-corrected chi connectivity index (χ2v) is 4.74. The van der Waals surface area contributed by atoms with Gasteiger partial charge in [-0.25, -0.2) is 0 Å². The van der Waals surface area contributed by atoms with Crippen molar-refractivity contribution in [1.82, 2.24) is 5.32 Å². The molecule has 0 saturated carbocycles. The minimum absolute atomic E-state index is 0.